The molecule has 0 fully saturated rings. The zero-order valence-corrected chi connectivity index (χ0v) is 15.7. The Bertz CT molecular complexity index is 1120. The van der Waals surface area contributed by atoms with Crippen LogP contribution in [0.15, 0.2) is 42.3 Å². The third-order valence-electron chi connectivity index (χ3n) is 4.88. The van der Waals surface area contributed by atoms with E-state index < -0.39 is 0 Å². The molecule has 0 unspecified atom stereocenters. The maximum absolute atomic E-state index is 14.6. The van der Waals surface area contributed by atoms with Crippen molar-refractivity contribution < 1.29 is 4.39 Å². The van der Waals surface area contributed by atoms with Crippen LogP contribution in [0.4, 0.5) is 10.1 Å². The van der Waals surface area contributed by atoms with Crippen molar-refractivity contribution in [3.63, 3.8) is 0 Å². The van der Waals surface area contributed by atoms with Gasteiger partial charge in [0.1, 0.15) is 5.82 Å². The van der Waals surface area contributed by atoms with Gasteiger partial charge in [-0.1, -0.05) is 18.7 Å². The summed E-state index contributed by atoms with van der Waals surface area (Å²) in [6, 6.07) is 11.3. The molecule has 0 radical (unpaired) electrons. The summed E-state index contributed by atoms with van der Waals surface area (Å²) >= 11 is 1.60. The van der Waals surface area contributed by atoms with Crippen LogP contribution in [0.25, 0.3) is 28.0 Å². The van der Waals surface area contributed by atoms with E-state index in [1.54, 1.807) is 17.4 Å². The normalized spacial score (nSPS) is 12.1. The van der Waals surface area contributed by atoms with Crippen molar-refractivity contribution in [3.05, 3.63) is 69.7 Å². The predicted octanol–water partition coefficient (Wildman–Crippen LogP) is 5.30. The lowest BCUT2D eigenvalue weighted by atomic mass is 9.85. The Morgan fingerprint density at radius 2 is 2.07 bits per heavy atom. The molecule has 3 N–H and O–H groups in total. The molecule has 4 rings (SSSR count). The molecular formula is C22H18FN3S. The number of nitriles is 1. The van der Waals surface area contributed by atoms with Crippen molar-refractivity contribution in [1.82, 2.24) is 0 Å². The summed E-state index contributed by atoms with van der Waals surface area (Å²) in [6.07, 6.45) is 0.485. The molecule has 2 heterocycles. The predicted molar refractivity (Wildman–Crippen MR) is 110 cm³/mol. The number of hydrogen-bond donors (Lipinski definition) is 2. The zero-order valence-electron chi connectivity index (χ0n) is 14.9. The van der Waals surface area contributed by atoms with Crippen molar-refractivity contribution in [3.8, 4) is 28.3 Å². The van der Waals surface area contributed by atoms with E-state index in [-0.39, 0.29) is 5.82 Å². The van der Waals surface area contributed by atoms with Gasteiger partial charge in [0.2, 0.25) is 0 Å². The number of anilines is 1. The maximum Gasteiger partial charge on any atom is 0.127 e. The Balaban J connectivity index is 2.03. The standard InChI is InChI=1S/C22H18FN3S/c1-12-9-16(11-25)19(15-4-3-14(5-7-24)18(23)10-15)20-17-6-8-27-22(17)13(2)26-21(12)20/h3-4,6,8-10,26H,2,5,7,24H2,1H3. The summed E-state index contributed by atoms with van der Waals surface area (Å²) in [5.74, 6) is -0.296. The third-order valence-corrected chi connectivity index (χ3v) is 5.86. The Morgan fingerprint density at radius 3 is 2.78 bits per heavy atom. The lowest BCUT2D eigenvalue weighted by molar-refractivity contribution is 0.610. The zero-order chi connectivity index (χ0) is 19.1. The lowest BCUT2D eigenvalue weighted by Gasteiger charge is -2.26. The number of nitrogens with two attached hydrogens (primary N) is 1. The first-order chi connectivity index (χ1) is 13.0. The molecule has 0 bridgehead atoms. The van der Waals surface area contributed by atoms with Crippen LogP contribution in [-0.2, 0) is 6.42 Å². The quantitative estimate of drug-likeness (QED) is 0.653. The molecule has 0 spiro atoms. The van der Waals surface area contributed by atoms with Gasteiger partial charge < -0.3 is 11.1 Å². The topological polar surface area (TPSA) is 61.8 Å². The van der Waals surface area contributed by atoms with Crippen LogP contribution >= 0.6 is 11.3 Å². The molecule has 0 aliphatic carbocycles. The minimum atomic E-state index is -0.296. The Hall–Kier alpha value is -2.94. The second-order valence-electron chi connectivity index (χ2n) is 6.59. The monoisotopic (exact) mass is 375 g/mol. The molecular weight excluding hydrogens is 357 g/mol. The number of nitrogens with zero attached hydrogens (tertiary/aromatic N) is 1. The van der Waals surface area contributed by atoms with Gasteiger partial charge >= 0.3 is 0 Å². The Morgan fingerprint density at radius 1 is 1.26 bits per heavy atom. The molecule has 0 atom stereocenters. The largest absolute Gasteiger partial charge is 0.354 e. The molecule has 0 amide bonds. The van der Waals surface area contributed by atoms with Gasteiger partial charge in [-0.05, 0) is 60.2 Å². The number of thiophene rings is 1. The van der Waals surface area contributed by atoms with E-state index in [1.807, 2.05) is 30.5 Å². The average Bonchev–Trinajstić information content (AvgIpc) is 3.15. The number of benzene rings is 2. The van der Waals surface area contributed by atoms with Gasteiger partial charge in [-0.15, -0.1) is 11.3 Å². The fraction of sp³-hybridized carbons (Fsp3) is 0.136. The molecule has 1 aromatic heterocycles. The van der Waals surface area contributed by atoms with Crippen LogP contribution in [-0.4, -0.2) is 6.54 Å². The SMILES string of the molecule is C=C1Nc2c(C)cc(C#N)c(-c3ccc(CCN)c(F)c3)c2-c2ccsc21. The van der Waals surface area contributed by atoms with E-state index in [0.29, 0.717) is 29.7 Å². The molecule has 5 heteroatoms. The summed E-state index contributed by atoms with van der Waals surface area (Å²) in [5.41, 5.74) is 12.8. The van der Waals surface area contributed by atoms with E-state index in [4.69, 9.17) is 5.73 Å². The summed E-state index contributed by atoms with van der Waals surface area (Å²) in [4.78, 5) is 1.04. The number of hydrogen-bond acceptors (Lipinski definition) is 4. The van der Waals surface area contributed by atoms with Crippen molar-refractivity contribution in [2.75, 3.05) is 11.9 Å². The highest BCUT2D eigenvalue weighted by Gasteiger charge is 2.27. The first-order valence-electron chi connectivity index (χ1n) is 8.66. The summed E-state index contributed by atoms with van der Waals surface area (Å²) in [6.45, 7) is 6.48. The highest BCUT2D eigenvalue weighted by Crippen LogP contribution is 2.49. The van der Waals surface area contributed by atoms with Crippen molar-refractivity contribution >= 4 is 22.7 Å². The number of fused-ring (bicyclic) bond motifs is 3. The van der Waals surface area contributed by atoms with Crippen LogP contribution in [0.5, 0.6) is 0 Å². The van der Waals surface area contributed by atoms with E-state index in [1.165, 1.54) is 6.07 Å². The molecule has 3 nitrogen and oxygen atoms in total. The second-order valence-corrected chi connectivity index (χ2v) is 7.51. The van der Waals surface area contributed by atoms with Gasteiger partial charge in [-0.2, -0.15) is 5.26 Å². The van der Waals surface area contributed by atoms with Crippen molar-refractivity contribution in [1.29, 1.82) is 5.26 Å². The van der Waals surface area contributed by atoms with Crippen LogP contribution in [0, 0.1) is 24.1 Å². The molecule has 2 aromatic carbocycles. The summed E-state index contributed by atoms with van der Waals surface area (Å²) < 4.78 is 14.6. The summed E-state index contributed by atoms with van der Waals surface area (Å²) in [7, 11) is 0. The van der Waals surface area contributed by atoms with Gasteiger partial charge in [-0.3, -0.25) is 0 Å². The van der Waals surface area contributed by atoms with Gasteiger partial charge in [0, 0.05) is 22.4 Å². The average molecular weight is 375 g/mol. The van der Waals surface area contributed by atoms with Gasteiger partial charge in [0.25, 0.3) is 0 Å². The molecule has 27 heavy (non-hydrogen) atoms. The van der Waals surface area contributed by atoms with E-state index in [9.17, 15) is 9.65 Å². The minimum Gasteiger partial charge on any atom is -0.354 e. The van der Waals surface area contributed by atoms with Crippen LogP contribution in [0.2, 0.25) is 0 Å². The first kappa shape index (κ1) is 17.5. The summed E-state index contributed by atoms with van der Waals surface area (Å²) in [5, 5.41) is 15.2. The smallest absolute Gasteiger partial charge is 0.127 e. The first-order valence-corrected chi connectivity index (χ1v) is 9.53. The van der Waals surface area contributed by atoms with Crippen LogP contribution in [0.3, 0.4) is 0 Å². The van der Waals surface area contributed by atoms with E-state index in [0.717, 1.165) is 38.5 Å². The minimum absolute atomic E-state index is 0.296. The molecule has 0 saturated carbocycles. The number of aryl methyl sites for hydroxylation is 1. The Kier molecular flexibility index (Phi) is 4.31. The van der Waals surface area contributed by atoms with Crippen LogP contribution in [0.1, 0.15) is 21.6 Å². The fourth-order valence-electron chi connectivity index (χ4n) is 3.64. The molecule has 0 saturated heterocycles. The Labute approximate surface area is 161 Å². The molecule has 3 aromatic rings. The molecule has 1 aliphatic rings. The lowest BCUT2D eigenvalue weighted by Crippen LogP contribution is -2.09. The van der Waals surface area contributed by atoms with Gasteiger partial charge in [-0.25, -0.2) is 4.39 Å². The molecule has 1 aliphatic heterocycles. The fourth-order valence-corrected chi connectivity index (χ4v) is 4.48. The van der Waals surface area contributed by atoms with Crippen molar-refractivity contribution in [2.24, 2.45) is 5.73 Å². The maximum atomic E-state index is 14.6. The third kappa shape index (κ3) is 2.74. The number of halogens is 1. The van der Waals surface area contributed by atoms with E-state index in [2.05, 4.69) is 18.0 Å². The second kappa shape index (κ2) is 6.66. The number of nitrogens with one attached hydrogen (secondary N) is 1. The van der Waals surface area contributed by atoms with Crippen LogP contribution < -0.4 is 11.1 Å². The van der Waals surface area contributed by atoms with E-state index >= 15 is 0 Å². The number of rotatable bonds is 3. The van der Waals surface area contributed by atoms with Gasteiger partial charge in [0.05, 0.1) is 22.2 Å². The van der Waals surface area contributed by atoms with Gasteiger partial charge in [0.15, 0.2) is 0 Å². The highest BCUT2D eigenvalue weighted by molar-refractivity contribution is 7.11. The van der Waals surface area contributed by atoms with Crippen molar-refractivity contribution in [2.45, 2.75) is 13.3 Å². The highest BCUT2D eigenvalue weighted by atomic mass is 32.1. The molecule has 134 valence electrons.